The van der Waals surface area contributed by atoms with Gasteiger partial charge in [-0.05, 0) is 24.3 Å². The van der Waals surface area contributed by atoms with Gasteiger partial charge in [0, 0.05) is 55.6 Å². The lowest BCUT2D eigenvalue weighted by Gasteiger charge is -2.26. The zero-order valence-corrected chi connectivity index (χ0v) is 17.6. The molecule has 0 radical (unpaired) electrons. The van der Waals surface area contributed by atoms with Gasteiger partial charge in [-0.3, -0.25) is 19.8 Å². The van der Waals surface area contributed by atoms with Crippen molar-refractivity contribution in [3.63, 3.8) is 0 Å². The van der Waals surface area contributed by atoms with Crippen LogP contribution < -0.4 is 5.32 Å². The lowest BCUT2D eigenvalue weighted by atomic mass is 10.1. The highest BCUT2D eigenvalue weighted by Gasteiger charge is 2.17. The summed E-state index contributed by atoms with van der Waals surface area (Å²) in [6.45, 7) is 4.57. The number of rotatable bonds is 8. The van der Waals surface area contributed by atoms with Gasteiger partial charge in [0.1, 0.15) is 0 Å². The Morgan fingerprint density at radius 1 is 1.09 bits per heavy atom. The molecule has 1 aliphatic heterocycles. The molecule has 2 aromatic carbocycles. The summed E-state index contributed by atoms with van der Waals surface area (Å²) >= 11 is 0. The van der Waals surface area contributed by atoms with Gasteiger partial charge in [-0.25, -0.2) is 4.68 Å². The molecule has 1 aromatic heterocycles. The van der Waals surface area contributed by atoms with Crippen LogP contribution in [0.5, 0.6) is 0 Å². The Morgan fingerprint density at radius 3 is 2.50 bits per heavy atom. The average Bonchev–Trinajstić information content (AvgIpc) is 3.24. The summed E-state index contributed by atoms with van der Waals surface area (Å²) in [7, 11) is 0. The highest BCUT2D eigenvalue weighted by atomic mass is 16.6. The van der Waals surface area contributed by atoms with Gasteiger partial charge in [0.15, 0.2) is 0 Å². The Kier molecular flexibility index (Phi) is 6.88. The normalized spacial score (nSPS) is 14.2. The van der Waals surface area contributed by atoms with Gasteiger partial charge in [-0.15, -0.1) is 0 Å². The van der Waals surface area contributed by atoms with Crippen LogP contribution in [-0.2, 0) is 16.0 Å². The first kappa shape index (κ1) is 21.7. The molecule has 0 atom stereocenters. The van der Waals surface area contributed by atoms with Crippen molar-refractivity contribution < 1.29 is 14.5 Å². The Morgan fingerprint density at radius 2 is 1.81 bits per heavy atom. The van der Waals surface area contributed by atoms with E-state index in [1.54, 1.807) is 16.8 Å². The first-order valence-electron chi connectivity index (χ1n) is 10.6. The van der Waals surface area contributed by atoms with E-state index in [0.717, 1.165) is 49.7 Å². The van der Waals surface area contributed by atoms with Gasteiger partial charge in [0.2, 0.25) is 5.91 Å². The van der Waals surface area contributed by atoms with Crippen LogP contribution in [0.1, 0.15) is 5.56 Å². The summed E-state index contributed by atoms with van der Waals surface area (Å²) in [5, 5.41) is 18.6. The number of para-hydroxylation sites is 1. The van der Waals surface area contributed by atoms with E-state index in [1.807, 2.05) is 36.5 Å². The van der Waals surface area contributed by atoms with Crippen LogP contribution in [0.3, 0.4) is 0 Å². The average molecular weight is 435 g/mol. The molecule has 4 rings (SSSR count). The zero-order chi connectivity index (χ0) is 22.3. The van der Waals surface area contributed by atoms with Crippen molar-refractivity contribution in [2.75, 3.05) is 39.4 Å². The number of non-ortho nitro benzene ring substituents is 1. The van der Waals surface area contributed by atoms with E-state index in [4.69, 9.17) is 4.74 Å². The van der Waals surface area contributed by atoms with Crippen molar-refractivity contribution >= 4 is 11.6 Å². The summed E-state index contributed by atoms with van der Waals surface area (Å²) in [5.41, 5.74) is 2.99. The largest absolute Gasteiger partial charge is 0.379 e. The van der Waals surface area contributed by atoms with Gasteiger partial charge in [0.25, 0.3) is 5.69 Å². The van der Waals surface area contributed by atoms with Crippen LogP contribution in [-0.4, -0.2) is 64.9 Å². The van der Waals surface area contributed by atoms with Gasteiger partial charge in [-0.2, -0.15) is 5.10 Å². The molecular formula is C23H25N5O4. The van der Waals surface area contributed by atoms with Crippen LogP contribution in [0.15, 0.2) is 60.8 Å². The summed E-state index contributed by atoms with van der Waals surface area (Å²) in [6.07, 6.45) is 2.01. The molecule has 9 heteroatoms. The minimum absolute atomic E-state index is 0.0126. The molecule has 0 bridgehead atoms. The summed E-state index contributed by atoms with van der Waals surface area (Å²) < 4.78 is 7.07. The van der Waals surface area contributed by atoms with Crippen molar-refractivity contribution in [1.82, 2.24) is 20.0 Å². The van der Waals surface area contributed by atoms with Crippen LogP contribution in [0, 0.1) is 10.1 Å². The number of carbonyl (C=O) groups is 1. The number of nitrogens with zero attached hydrogens (tertiary/aromatic N) is 4. The smallest absolute Gasteiger partial charge is 0.269 e. The second kappa shape index (κ2) is 10.2. The lowest BCUT2D eigenvalue weighted by molar-refractivity contribution is -0.384. The fourth-order valence-corrected chi connectivity index (χ4v) is 3.65. The molecule has 166 valence electrons. The second-order valence-corrected chi connectivity index (χ2v) is 7.57. The second-order valence-electron chi connectivity index (χ2n) is 7.57. The molecule has 0 aliphatic carbocycles. The maximum Gasteiger partial charge on any atom is 0.269 e. The standard InChI is InChI=1S/C23H25N5O4/c29-22(24-10-11-26-12-14-32-15-13-26)16-19-17-27(20-4-2-1-3-5-20)25-23(19)18-6-8-21(9-7-18)28(30)31/h1-9,17H,10-16H2,(H,24,29). The van der Waals surface area contributed by atoms with Crippen molar-refractivity contribution in [2.45, 2.75) is 6.42 Å². The Labute approximate surface area is 185 Å². The number of nitro benzene ring substituents is 1. The van der Waals surface area contributed by atoms with Crippen molar-refractivity contribution in [3.8, 4) is 16.9 Å². The minimum atomic E-state index is -0.435. The predicted octanol–water partition coefficient (Wildman–Crippen LogP) is 2.44. The molecule has 1 amide bonds. The molecule has 1 N–H and O–H groups in total. The van der Waals surface area contributed by atoms with Gasteiger partial charge >= 0.3 is 0 Å². The molecule has 32 heavy (non-hydrogen) atoms. The Balaban J connectivity index is 1.50. The molecule has 2 heterocycles. The predicted molar refractivity (Wildman–Crippen MR) is 120 cm³/mol. The fraction of sp³-hybridized carbons (Fsp3) is 0.304. The minimum Gasteiger partial charge on any atom is -0.379 e. The Hall–Kier alpha value is -3.56. The maximum atomic E-state index is 12.6. The first-order valence-corrected chi connectivity index (χ1v) is 10.6. The number of morpholine rings is 1. The molecule has 0 unspecified atom stereocenters. The lowest BCUT2D eigenvalue weighted by Crippen LogP contribution is -2.41. The topological polar surface area (TPSA) is 103 Å². The van der Waals surface area contributed by atoms with Crippen molar-refractivity contribution in [3.05, 3.63) is 76.5 Å². The van der Waals surface area contributed by atoms with Crippen LogP contribution in [0.2, 0.25) is 0 Å². The highest BCUT2D eigenvalue weighted by molar-refractivity contribution is 5.81. The van der Waals surface area contributed by atoms with Crippen molar-refractivity contribution in [1.29, 1.82) is 0 Å². The third kappa shape index (κ3) is 5.37. The number of aromatic nitrogens is 2. The van der Waals surface area contributed by atoms with E-state index in [0.29, 0.717) is 12.2 Å². The quantitative estimate of drug-likeness (QED) is 0.431. The molecular weight excluding hydrogens is 410 g/mol. The van der Waals surface area contributed by atoms with E-state index in [9.17, 15) is 14.9 Å². The van der Waals surface area contributed by atoms with Crippen molar-refractivity contribution in [2.24, 2.45) is 0 Å². The molecule has 1 fully saturated rings. The third-order valence-electron chi connectivity index (χ3n) is 5.37. The monoisotopic (exact) mass is 435 g/mol. The third-order valence-corrected chi connectivity index (χ3v) is 5.37. The summed E-state index contributed by atoms with van der Waals surface area (Å²) in [6, 6.07) is 15.8. The highest BCUT2D eigenvalue weighted by Crippen LogP contribution is 2.26. The van der Waals surface area contributed by atoms with E-state index >= 15 is 0 Å². The van der Waals surface area contributed by atoms with Gasteiger partial charge in [-0.1, -0.05) is 18.2 Å². The summed E-state index contributed by atoms with van der Waals surface area (Å²) in [5.74, 6) is -0.0889. The number of amides is 1. The van der Waals surface area contributed by atoms with Gasteiger partial charge < -0.3 is 10.1 Å². The van der Waals surface area contributed by atoms with Crippen LogP contribution in [0.4, 0.5) is 5.69 Å². The van der Waals surface area contributed by atoms with E-state index in [2.05, 4.69) is 15.3 Å². The molecule has 1 aliphatic rings. The first-order chi connectivity index (χ1) is 15.6. The molecule has 0 saturated carbocycles. The number of hydrogen-bond acceptors (Lipinski definition) is 6. The number of benzene rings is 2. The maximum absolute atomic E-state index is 12.6. The number of carbonyl (C=O) groups excluding carboxylic acids is 1. The molecule has 9 nitrogen and oxygen atoms in total. The fourth-order valence-electron chi connectivity index (χ4n) is 3.65. The number of hydrogen-bond donors (Lipinski definition) is 1. The van der Waals surface area contributed by atoms with Crippen LogP contribution in [0.25, 0.3) is 16.9 Å². The summed E-state index contributed by atoms with van der Waals surface area (Å²) in [4.78, 5) is 25.5. The van der Waals surface area contributed by atoms with E-state index in [1.165, 1.54) is 12.1 Å². The van der Waals surface area contributed by atoms with Gasteiger partial charge in [0.05, 0.1) is 35.9 Å². The van der Waals surface area contributed by atoms with E-state index < -0.39 is 4.92 Å². The molecule has 1 saturated heterocycles. The molecule has 3 aromatic rings. The zero-order valence-electron chi connectivity index (χ0n) is 17.6. The Bertz CT molecular complexity index is 1060. The number of nitro groups is 1. The van der Waals surface area contributed by atoms with E-state index in [-0.39, 0.29) is 18.0 Å². The number of ether oxygens (including phenoxy) is 1. The van der Waals surface area contributed by atoms with Crippen LogP contribution >= 0.6 is 0 Å². The SMILES string of the molecule is O=C(Cc1cn(-c2ccccc2)nc1-c1ccc([N+](=O)[O-])cc1)NCCN1CCOCC1. The molecule has 0 spiro atoms. The number of nitrogens with one attached hydrogen (secondary N) is 1.